The van der Waals surface area contributed by atoms with E-state index in [0.717, 1.165) is 19.4 Å². The molecule has 1 aromatic carbocycles. The standard InChI is InChI=1S/C13H19F2N/c1-4-6-11(16-5-2)10-8-7-9(3)12(14)13(10)15/h7-8,11,16H,4-6H2,1-3H3. The van der Waals surface area contributed by atoms with Crippen LogP contribution in [0.2, 0.25) is 0 Å². The summed E-state index contributed by atoms with van der Waals surface area (Å²) in [5.41, 5.74) is 0.791. The molecule has 1 unspecified atom stereocenters. The SMILES string of the molecule is CCCC(NCC)c1ccc(C)c(F)c1F. The molecule has 0 saturated carbocycles. The van der Waals surface area contributed by atoms with Crippen molar-refractivity contribution in [3.63, 3.8) is 0 Å². The molecule has 90 valence electrons. The number of aryl methyl sites for hydroxylation is 1. The van der Waals surface area contributed by atoms with Crippen LogP contribution in [-0.4, -0.2) is 6.54 Å². The molecule has 0 radical (unpaired) electrons. The van der Waals surface area contributed by atoms with E-state index in [0.29, 0.717) is 11.1 Å². The first-order valence-corrected chi connectivity index (χ1v) is 5.79. The Kier molecular flexibility index (Phi) is 4.87. The minimum atomic E-state index is -0.725. The fourth-order valence-corrected chi connectivity index (χ4v) is 1.83. The molecule has 0 fully saturated rings. The van der Waals surface area contributed by atoms with Crippen molar-refractivity contribution in [2.75, 3.05) is 6.54 Å². The van der Waals surface area contributed by atoms with E-state index in [-0.39, 0.29) is 6.04 Å². The average Bonchev–Trinajstić information content (AvgIpc) is 2.26. The molecule has 0 saturated heterocycles. The summed E-state index contributed by atoms with van der Waals surface area (Å²) in [6.07, 6.45) is 1.75. The van der Waals surface area contributed by atoms with Gasteiger partial charge in [0.25, 0.3) is 0 Å². The number of hydrogen-bond donors (Lipinski definition) is 1. The Labute approximate surface area is 95.9 Å². The molecule has 0 amide bonds. The van der Waals surface area contributed by atoms with Gasteiger partial charge in [-0.05, 0) is 25.5 Å². The van der Waals surface area contributed by atoms with Crippen molar-refractivity contribution < 1.29 is 8.78 Å². The maximum absolute atomic E-state index is 13.7. The fraction of sp³-hybridized carbons (Fsp3) is 0.538. The lowest BCUT2D eigenvalue weighted by Gasteiger charge is -2.18. The van der Waals surface area contributed by atoms with E-state index >= 15 is 0 Å². The molecule has 1 rings (SSSR count). The number of halogens is 2. The minimum Gasteiger partial charge on any atom is -0.310 e. The van der Waals surface area contributed by atoms with E-state index in [4.69, 9.17) is 0 Å². The highest BCUT2D eigenvalue weighted by molar-refractivity contribution is 5.27. The summed E-state index contributed by atoms with van der Waals surface area (Å²) in [6.45, 7) is 6.32. The van der Waals surface area contributed by atoms with Gasteiger partial charge in [0.2, 0.25) is 0 Å². The molecule has 0 heterocycles. The van der Waals surface area contributed by atoms with E-state index in [2.05, 4.69) is 5.32 Å². The second-order valence-corrected chi connectivity index (χ2v) is 4.00. The van der Waals surface area contributed by atoms with E-state index < -0.39 is 11.6 Å². The van der Waals surface area contributed by atoms with Crippen LogP contribution in [0.3, 0.4) is 0 Å². The van der Waals surface area contributed by atoms with Crippen LogP contribution in [0.25, 0.3) is 0 Å². The van der Waals surface area contributed by atoms with Crippen LogP contribution in [-0.2, 0) is 0 Å². The van der Waals surface area contributed by atoms with Crippen molar-refractivity contribution in [2.24, 2.45) is 0 Å². The Morgan fingerprint density at radius 2 is 1.88 bits per heavy atom. The molecule has 0 bridgehead atoms. The average molecular weight is 227 g/mol. The van der Waals surface area contributed by atoms with Crippen molar-refractivity contribution in [3.05, 3.63) is 34.9 Å². The van der Waals surface area contributed by atoms with Crippen molar-refractivity contribution in [1.29, 1.82) is 0 Å². The Balaban J connectivity index is 3.04. The van der Waals surface area contributed by atoms with Crippen LogP contribution in [0, 0.1) is 18.6 Å². The van der Waals surface area contributed by atoms with Gasteiger partial charge in [-0.2, -0.15) is 0 Å². The third-order valence-electron chi connectivity index (χ3n) is 2.71. The van der Waals surface area contributed by atoms with Gasteiger partial charge in [0.15, 0.2) is 11.6 Å². The second-order valence-electron chi connectivity index (χ2n) is 4.00. The molecule has 1 N–H and O–H groups in total. The Morgan fingerprint density at radius 1 is 1.19 bits per heavy atom. The zero-order chi connectivity index (χ0) is 12.1. The number of hydrogen-bond acceptors (Lipinski definition) is 1. The highest BCUT2D eigenvalue weighted by atomic mass is 19.2. The largest absolute Gasteiger partial charge is 0.310 e. The molecule has 1 atom stereocenters. The predicted octanol–water partition coefficient (Wildman–Crippen LogP) is 3.72. The summed E-state index contributed by atoms with van der Waals surface area (Å²) < 4.78 is 27.2. The van der Waals surface area contributed by atoms with E-state index in [9.17, 15) is 8.78 Å². The van der Waals surface area contributed by atoms with Crippen molar-refractivity contribution in [2.45, 2.75) is 39.7 Å². The van der Waals surface area contributed by atoms with Crippen molar-refractivity contribution in [1.82, 2.24) is 5.32 Å². The van der Waals surface area contributed by atoms with Gasteiger partial charge in [-0.1, -0.05) is 32.4 Å². The van der Waals surface area contributed by atoms with Gasteiger partial charge in [-0.15, -0.1) is 0 Å². The molecule has 0 aliphatic heterocycles. The summed E-state index contributed by atoms with van der Waals surface area (Å²) in [5, 5.41) is 3.18. The summed E-state index contributed by atoms with van der Waals surface area (Å²) in [5.74, 6) is -1.43. The topological polar surface area (TPSA) is 12.0 Å². The first-order chi connectivity index (χ1) is 7.61. The summed E-state index contributed by atoms with van der Waals surface area (Å²) in [4.78, 5) is 0. The Bertz CT molecular complexity index is 344. The lowest BCUT2D eigenvalue weighted by molar-refractivity contribution is 0.447. The smallest absolute Gasteiger partial charge is 0.163 e. The monoisotopic (exact) mass is 227 g/mol. The van der Waals surface area contributed by atoms with Crippen LogP contribution in [0.15, 0.2) is 12.1 Å². The third kappa shape index (κ3) is 2.79. The molecule has 16 heavy (non-hydrogen) atoms. The molecule has 0 aliphatic carbocycles. The van der Waals surface area contributed by atoms with Crippen LogP contribution in [0.1, 0.15) is 43.9 Å². The van der Waals surface area contributed by atoms with Gasteiger partial charge in [0, 0.05) is 11.6 Å². The van der Waals surface area contributed by atoms with Gasteiger partial charge in [0.05, 0.1) is 0 Å². The van der Waals surface area contributed by atoms with Crippen molar-refractivity contribution >= 4 is 0 Å². The van der Waals surface area contributed by atoms with Crippen LogP contribution < -0.4 is 5.32 Å². The molecule has 0 spiro atoms. The predicted molar refractivity (Wildman–Crippen MR) is 62.4 cm³/mol. The quantitative estimate of drug-likeness (QED) is 0.808. The molecule has 3 heteroatoms. The van der Waals surface area contributed by atoms with Crippen LogP contribution in [0.5, 0.6) is 0 Å². The molecular weight excluding hydrogens is 208 g/mol. The molecule has 1 aromatic rings. The van der Waals surface area contributed by atoms with Gasteiger partial charge in [-0.3, -0.25) is 0 Å². The van der Waals surface area contributed by atoms with E-state index in [1.807, 2.05) is 13.8 Å². The van der Waals surface area contributed by atoms with Gasteiger partial charge in [-0.25, -0.2) is 8.78 Å². The normalized spacial score (nSPS) is 12.8. The van der Waals surface area contributed by atoms with Gasteiger partial charge in [0.1, 0.15) is 0 Å². The molecular formula is C13H19F2N. The lowest BCUT2D eigenvalue weighted by atomic mass is 10.00. The zero-order valence-electron chi connectivity index (χ0n) is 10.1. The highest BCUT2D eigenvalue weighted by Crippen LogP contribution is 2.24. The Morgan fingerprint density at radius 3 is 2.44 bits per heavy atom. The second kappa shape index (κ2) is 5.94. The van der Waals surface area contributed by atoms with Gasteiger partial charge >= 0.3 is 0 Å². The summed E-state index contributed by atoms with van der Waals surface area (Å²) >= 11 is 0. The molecule has 0 aliphatic rings. The van der Waals surface area contributed by atoms with Crippen LogP contribution >= 0.6 is 0 Å². The number of rotatable bonds is 5. The minimum absolute atomic E-state index is 0.0925. The molecule has 0 aromatic heterocycles. The Hall–Kier alpha value is -0.960. The number of benzene rings is 1. The third-order valence-corrected chi connectivity index (χ3v) is 2.71. The molecule has 1 nitrogen and oxygen atoms in total. The highest BCUT2D eigenvalue weighted by Gasteiger charge is 2.17. The maximum Gasteiger partial charge on any atom is 0.163 e. The van der Waals surface area contributed by atoms with E-state index in [1.54, 1.807) is 19.1 Å². The van der Waals surface area contributed by atoms with Gasteiger partial charge < -0.3 is 5.32 Å². The first-order valence-electron chi connectivity index (χ1n) is 5.79. The van der Waals surface area contributed by atoms with Crippen LogP contribution in [0.4, 0.5) is 8.78 Å². The summed E-state index contributed by atoms with van der Waals surface area (Å²) in [6, 6.07) is 3.22. The first kappa shape index (κ1) is 13.1. The maximum atomic E-state index is 13.7. The zero-order valence-corrected chi connectivity index (χ0v) is 10.1. The van der Waals surface area contributed by atoms with Crippen molar-refractivity contribution in [3.8, 4) is 0 Å². The summed E-state index contributed by atoms with van der Waals surface area (Å²) in [7, 11) is 0. The number of nitrogens with one attached hydrogen (secondary N) is 1. The lowest BCUT2D eigenvalue weighted by Crippen LogP contribution is -2.22. The van der Waals surface area contributed by atoms with E-state index in [1.165, 1.54) is 0 Å². The fourth-order valence-electron chi connectivity index (χ4n) is 1.83.